The number of aryl methyl sites for hydroxylation is 1. The summed E-state index contributed by atoms with van der Waals surface area (Å²) in [5, 5.41) is 6.26. The van der Waals surface area contributed by atoms with Gasteiger partial charge in [0.05, 0.1) is 0 Å². The molecule has 23 heavy (non-hydrogen) atoms. The Morgan fingerprint density at radius 1 is 1.26 bits per heavy atom. The largest absolute Gasteiger partial charge is 0.311 e. The normalized spacial score (nSPS) is 24.0. The minimum atomic E-state index is 0.453. The standard InChI is InChI=1S/C20H29N3/c1-5-18-13-23(19(6-2)12-22-18)15(4)16-7-8-20-14(3)21-10-9-17(20)11-16/h7-11,15,18-19,22H,5-6,12-13H2,1-4H3/t15?,18-,19+/m0/s1. The van der Waals surface area contributed by atoms with Crippen molar-refractivity contribution in [2.75, 3.05) is 13.1 Å². The molecule has 1 aromatic heterocycles. The molecule has 1 saturated heterocycles. The van der Waals surface area contributed by atoms with E-state index in [-0.39, 0.29) is 0 Å². The first-order chi connectivity index (χ1) is 11.1. The highest BCUT2D eigenvalue weighted by Gasteiger charge is 2.29. The zero-order valence-corrected chi connectivity index (χ0v) is 14.8. The fraction of sp³-hybridized carbons (Fsp3) is 0.550. The third kappa shape index (κ3) is 3.26. The Morgan fingerprint density at radius 3 is 2.83 bits per heavy atom. The van der Waals surface area contributed by atoms with E-state index >= 15 is 0 Å². The molecule has 1 aromatic carbocycles. The Hall–Kier alpha value is -1.45. The Bertz CT molecular complexity index is 667. The Kier molecular flexibility index (Phi) is 4.98. The molecule has 0 saturated carbocycles. The average Bonchev–Trinajstić information content (AvgIpc) is 2.60. The lowest BCUT2D eigenvalue weighted by atomic mass is 9.97. The summed E-state index contributed by atoms with van der Waals surface area (Å²) >= 11 is 0. The monoisotopic (exact) mass is 311 g/mol. The molecule has 0 spiro atoms. The number of pyridine rings is 1. The molecule has 0 aliphatic carbocycles. The lowest BCUT2D eigenvalue weighted by Gasteiger charge is -2.43. The first-order valence-corrected chi connectivity index (χ1v) is 8.98. The predicted molar refractivity (Wildman–Crippen MR) is 97.8 cm³/mol. The summed E-state index contributed by atoms with van der Waals surface area (Å²) < 4.78 is 0. The van der Waals surface area contributed by atoms with Crippen LogP contribution in [0.3, 0.4) is 0 Å². The topological polar surface area (TPSA) is 28.2 Å². The molecule has 3 heteroatoms. The summed E-state index contributed by atoms with van der Waals surface area (Å²) in [6.45, 7) is 11.3. The Morgan fingerprint density at radius 2 is 2.09 bits per heavy atom. The van der Waals surface area contributed by atoms with Gasteiger partial charge in [0.2, 0.25) is 0 Å². The van der Waals surface area contributed by atoms with Gasteiger partial charge in [-0.2, -0.15) is 0 Å². The van der Waals surface area contributed by atoms with Crippen molar-refractivity contribution in [3.63, 3.8) is 0 Å². The maximum absolute atomic E-state index is 4.40. The van der Waals surface area contributed by atoms with Crippen molar-refractivity contribution in [1.29, 1.82) is 0 Å². The number of hydrogen-bond acceptors (Lipinski definition) is 3. The van der Waals surface area contributed by atoms with Gasteiger partial charge in [0, 0.05) is 48.5 Å². The first-order valence-electron chi connectivity index (χ1n) is 8.98. The highest BCUT2D eigenvalue weighted by molar-refractivity contribution is 5.84. The van der Waals surface area contributed by atoms with Crippen LogP contribution in [0.5, 0.6) is 0 Å². The van der Waals surface area contributed by atoms with Crippen LogP contribution >= 0.6 is 0 Å². The maximum Gasteiger partial charge on any atom is 0.0450 e. The van der Waals surface area contributed by atoms with E-state index in [0.717, 1.165) is 18.8 Å². The molecule has 1 unspecified atom stereocenters. The number of nitrogens with zero attached hydrogens (tertiary/aromatic N) is 2. The molecule has 2 heterocycles. The Labute approximate surface area is 140 Å². The number of fused-ring (bicyclic) bond motifs is 1. The quantitative estimate of drug-likeness (QED) is 0.922. The molecule has 0 bridgehead atoms. The summed E-state index contributed by atoms with van der Waals surface area (Å²) in [5.41, 5.74) is 2.53. The van der Waals surface area contributed by atoms with Gasteiger partial charge in [-0.25, -0.2) is 0 Å². The van der Waals surface area contributed by atoms with E-state index < -0.39 is 0 Å². The van der Waals surface area contributed by atoms with Crippen LogP contribution in [0, 0.1) is 6.92 Å². The fourth-order valence-corrected chi connectivity index (χ4v) is 3.81. The van der Waals surface area contributed by atoms with Gasteiger partial charge < -0.3 is 5.32 Å². The van der Waals surface area contributed by atoms with E-state index in [2.05, 4.69) is 67.2 Å². The number of aromatic nitrogens is 1. The van der Waals surface area contributed by atoms with E-state index in [1.165, 1.54) is 29.2 Å². The lowest BCUT2D eigenvalue weighted by molar-refractivity contribution is 0.0851. The van der Waals surface area contributed by atoms with Gasteiger partial charge >= 0.3 is 0 Å². The van der Waals surface area contributed by atoms with E-state index in [9.17, 15) is 0 Å². The summed E-state index contributed by atoms with van der Waals surface area (Å²) in [7, 11) is 0. The van der Waals surface area contributed by atoms with Crippen molar-refractivity contribution in [3.05, 3.63) is 41.7 Å². The second-order valence-corrected chi connectivity index (χ2v) is 6.83. The molecule has 3 rings (SSSR count). The summed E-state index contributed by atoms with van der Waals surface area (Å²) in [4.78, 5) is 7.09. The number of rotatable bonds is 4. The summed E-state index contributed by atoms with van der Waals surface area (Å²) in [6, 6.07) is 10.7. The van der Waals surface area contributed by atoms with Crippen LogP contribution in [-0.4, -0.2) is 35.1 Å². The fourth-order valence-electron chi connectivity index (χ4n) is 3.81. The van der Waals surface area contributed by atoms with Crippen molar-refractivity contribution in [2.24, 2.45) is 0 Å². The van der Waals surface area contributed by atoms with Crippen molar-refractivity contribution >= 4 is 10.8 Å². The number of benzene rings is 1. The van der Waals surface area contributed by atoms with Crippen LogP contribution in [0.1, 0.15) is 50.9 Å². The van der Waals surface area contributed by atoms with E-state index in [1.54, 1.807) is 0 Å². The molecule has 124 valence electrons. The van der Waals surface area contributed by atoms with Crippen LogP contribution < -0.4 is 5.32 Å². The smallest absolute Gasteiger partial charge is 0.0450 e. The third-order valence-corrected chi connectivity index (χ3v) is 5.47. The van der Waals surface area contributed by atoms with Crippen molar-refractivity contribution in [1.82, 2.24) is 15.2 Å². The number of piperazine rings is 1. The summed E-state index contributed by atoms with van der Waals surface area (Å²) in [5.74, 6) is 0. The highest BCUT2D eigenvalue weighted by Crippen LogP contribution is 2.29. The molecule has 2 aromatic rings. The SMILES string of the molecule is CC[C@H]1CN(C(C)c2ccc3c(C)nccc3c2)[C@H](CC)CN1. The second kappa shape index (κ2) is 6.98. The van der Waals surface area contributed by atoms with E-state index in [1.807, 2.05) is 6.20 Å². The van der Waals surface area contributed by atoms with Crippen LogP contribution in [0.2, 0.25) is 0 Å². The van der Waals surface area contributed by atoms with Gasteiger partial charge in [-0.05, 0) is 49.8 Å². The van der Waals surface area contributed by atoms with Crippen LogP contribution in [0.15, 0.2) is 30.5 Å². The zero-order valence-electron chi connectivity index (χ0n) is 14.8. The average molecular weight is 311 g/mol. The Balaban J connectivity index is 1.90. The van der Waals surface area contributed by atoms with E-state index in [4.69, 9.17) is 0 Å². The van der Waals surface area contributed by atoms with Crippen LogP contribution in [-0.2, 0) is 0 Å². The van der Waals surface area contributed by atoms with Gasteiger partial charge in [0.25, 0.3) is 0 Å². The van der Waals surface area contributed by atoms with Crippen molar-refractivity contribution < 1.29 is 0 Å². The maximum atomic E-state index is 4.40. The first kappa shape index (κ1) is 16.4. The van der Waals surface area contributed by atoms with E-state index in [0.29, 0.717) is 18.1 Å². The number of nitrogens with one attached hydrogen (secondary N) is 1. The molecule has 3 atom stereocenters. The molecule has 1 aliphatic heterocycles. The lowest BCUT2D eigenvalue weighted by Crippen LogP contribution is -2.56. The van der Waals surface area contributed by atoms with Gasteiger partial charge in [0.1, 0.15) is 0 Å². The molecule has 1 N–H and O–H groups in total. The second-order valence-electron chi connectivity index (χ2n) is 6.83. The molecular weight excluding hydrogens is 282 g/mol. The minimum absolute atomic E-state index is 0.453. The number of hydrogen-bond donors (Lipinski definition) is 1. The predicted octanol–water partition coefficient (Wildman–Crippen LogP) is 4.07. The highest BCUT2D eigenvalue weighted by atomic mass is 15.2. The molecule has 1 aliphatic rings. The molecular formula is C20H29N3. The molecule has 0 amide bonds. The minimum Gasteiger partial charge on any atom is -0.311 e. The van der Waals surface area contributed by atoms with Crippen molar-refractivity contribution in [3.8, 4) is 0 Å². The summed E-state index contributed by atoms with van der Waals surface area (Å²) in [6.07, 6.45) is 4.31. The van der Waals surface area contributed by atoms with Gasteiger partial charge in [0.15, 0.2) is 0 Å². The molecule has 1 fully saturated rings. The van der Waals surface area contributed by atoms with Crippen molar-refractivity contribution in [2.45, 2.75) is 58.7 Å². The van der Waals surface area contributed by atoms with Gasteiger partial charge in [-0.1, -0.05) is 26.0 Å². The van der Waals surface area contributed by atoms with Gasteiger partial charge in [-0.15, -0.1) is 0 Å². The van der Waals surface area contributed by atoms with Crippen LogP contribution in [0.4, 0.5) is 0 Å². The zero-order chi connectivity index (χ0) is 16.4. The van der Waals surface area contributed by atoms with Gasteiger partial charge in [-0.3, -0.25) is 9.88 Å². The molecule has 0 radical (unpaired) electrons. The third-order valence-electron chi connectivity index (χ3n) is 5.47. The van der Waals surface area contributed by atoms with Crippen LogP contribution in [0.25, 0.3) is 10.8 Å². The molecule has 3 nitrogen and oxygen atoms in total.